The Balaban J connectivity index is 2.19. The molecule has 2 heterocycles. The molecular weight excluding hydrogens is 172 g/mol. The quantitative estimate of drug-likeness (QED) is 0.578. The van der Waals surface area contributed by atoms with E-state index in [2.05, 4.69) is 4.98 Å². The lowest BCUT2D eigenvalue weighted by Crippen LogP contribution is -2.33. The molecule has 1 aliphatic heterocycles. The lowest BCUT2D eigenvalue weighted by atomic mass is 10.1. The van der Waals surface area contributed by atoms with Crippen LogP contribution in [0.1, 0.15) is 5.69 Å². The molecule has 1 aromatic heterocycles. The highest BCUT2D eigenvalue weighted by molar-refractivity contribution is 5.08. The van der Waals surface area contributed by atoms with Crippen molar-refractivity contribution in [2.45, 2.75) is 19.8 Å². The Kier molecular flexibility index (Phi) is 1.97. The van der Waals surface area contributed by atoms with Crippen LogP contribution >= 0.6 is 0 Å². The fourth-order valence-electron chi connectivity index (χ4n) is 1.44. The van der Waals surface area contributed by atoms with Crippen molar-refractivity contribution in [3.05, 3.63) is 11.9 Å². The minimum atomic E-state index is -1.32. The van der Waals surface area contributed by atoms with Gasteiger partial charge in [0.2, 0.25) is 0 Å². The molecule has 72 valence electrons. The van der Waals surface area contributed by atoms with Gasteiger partial charge < -0.3 is 19.5 Å². The predicted molar refractivity (Wildman–Crippen MR) is 44.2 cm³/mol. The normalized spacial score (nSPS) is 21.4. The number of hydrogen-bond acceptors (Lipinski definition) is 4. The Hall–Kier alpha value is -1.07. The molecular formula is C8H12N2O3. The summed E-state index contributed by atoms with van der Waals surface area (Å²) in [5, 5.41) is 17.9. The van der Waals surface area contributed by atoms with E-state index >= 15 is 0 Å². The number of fused-ring (bicyclic) bond motifs is 1. The van der Waals surface area contributed by atoms with Gasteiger partial charge in [-0.3, -0.25) is 0 Å². The number of aliphatic hydroxyl groups excluding tert-OH is 1. The van der Waals surface area contributed by atoms with Crippen LogP contribution < -0.4 is 4.74 Å². The summed E-state index contributed by atoms with van der Waals surface area (Å²) in [5.74, 6) is -0.263. The van der Waals surface area contributed by atoms with Gasteiger partial charge in [0.1, 0.15) is 6.61 Å². The summed E-state index contributed by atoms with van der Waals surface area (Å²) in [6, 6.07) is 0.564. The zero-order chi connectivity index (χ0) is 9.42. The molecule has 1 aliphatic rings. The third-order valence-corrected chi connectivity index (χ3v) is 2.14. The number of hydrogen-bond donors (Lipinski definition) is 2. The first-order valence-corrected chi connectivity index (χ1v) is 4.19. The minimum absolute atomic E-state index is 0.263. The maximum atomic E-state index is 8.95. The van der Waals surface area contributed by atoms with Crippen LogP contribution in [0.4, 0.5) is 0 Å². The first-order chi connectivity index (χ1) is 6.16. The number of nitrogens with zero attached hydrogens (tertiary/aromatic N) is 2. The van der Waals surface area contributed by atoms with Crippen LogP contribution in [0.15, 0.2) is 6.20 Å². The van der Waals surface area contributed by atoms with Gasteiger partial charge in [0.25, 0.3) is 6.01 Å². The molecule has 1 aromatic rings. The van der Waals surface area contributed by atoms with Gasteiger partial charge in [0.15, 0.2) is 6.29 Å². The molecule has 0 saturated carbocycles. The first kappa shape index (κ1) is 8.52. The highest BCUT2D eigenvalue weighted by Crippen LogP contribution is 2.21. The number of ether oxygens (including phenoxy) is 1. The zero-order valence-corrected chi connectivity index (χ0v) is 7.34. The maximum absolute atomic E-state index is 8.95. The van der Waals surface area contributed by atoms with E-state index in [0.29, 0.717) is 19.2 Å². The fraction of sp³-hybridized carbons (Fsp3) is 0.625. The van der Waals surface area contributed by atoms with Gasteiger partial charge in [0.05, 0.1) is 11.6 Å². The third kappa shape index (κ3) is 1.52. The van der Waals surface area contributed by atoms with Crippen LogP contribution in [0.3, 0.4) is 0 Å². The minimum Gasteiger partial charge on any atom is -0.464 e. The Morgan fingerprint density at radius 3 is 3.15 bits per heavy atom. The highest BCUT2D eigenvalue weighted by atomic mass is 16.5. The van der Waals surface area contributed by atoms with Crippen LogP contribution in [0.25, 0.3) is 0 Å². The number of aliphatic hydroxyl groups is 2. The van der Waals surface area contributed by atoms with Crippen molar-refractivity contribution in [3.63, 3.8) is 0 Å². The number of rotatable bonds is 1. The van der Waals surface area contributed by atoms with Gasteiger partial charge in [-0.15, -0.1) is 0 Å². The smallest absolute Gasteiger partial charge is 0.296 e. The number of imidazole rings is 1. The van der Waals surface area contributed by atoms with E-state index in [1.54, 1.807) is 4.57 Å². The van der Waals surface area contributed by atoms with E-state index in [1.807, 2.05) is 13.1 Å². The molecule has 1 atom stereocenters. The molecule has 5 nitrogen and oxygen atoms in total. The van der Waals surface area contributed by atoms with Gasteiger partial charge in [-0.1, -0.05) is 0 Å². The van der Waals surface area contributed by atoms with Crippen LogP contribution in [-0.2, 0) is 6.54 Å². The summed E-state index contributed by atoms with van der Waals surface area (Å²) in [5.41, 5.74) is 0.878. The van der Waals surface area contributed by atoms with Crippen LogP contribution in [0.5, 0.6) is 6.01 Å². The summed E-state index contributed by atoms with van der Waals surface area (Å²) in [7, 11) is 0. The van der Waals surface area contributed by atoms with E-state index in [4.69, 9.17) is 14.9 Å². The summed E-state index contributed by atoms with van der Waals surface area (Å²) in [6.45, 7) is 2.74. The molecule has 0 fully saturated rings. The van der Waals surface area contributed by atoms with Crippen molar-refractivity contribution in [1.82, 2.24) is 9.55 Å². The Labute approximate surface area is 75.6 Å². The zero-order valence-electron chi connectivity index (χ0n) is 7.34. The number of aromatic nitrogens is 2. The molecule has 0 bridgehead atoms. The van der Waals surface area contributed by atoms with Gasteiger partial charge in [-0.2, -0.15) is 0 Å². The molecule has 2 rings (SSSR count). The lowest BCUT2D eigenvalue weighted by molar-refractivity contribution is -0.106. The topological polar surface area (TPSA) is 67.5 Å². The molecule has 0 saturated heterocycles. The Morgan fingerprint density at radius 1 is 1.69 bits per heavy atom. The SMILES string of the molecule is Cc1cn2c(n1)OCC(C(O)O)C2. The molecule has 13 heavy (non-hydrogen) atoms. The van der Waals surface area contributed by atoms with Gasteiger partial charge in [0, 0.05) is 12.7 Å². The fourth-order valence-corrected chi connectivity index (χ4v) is 1.44. The highest BCUT2D eigenvalue weighted by Gasteiger charge is 2.25. The third-order valence-electron chi connectivity index (χ3n) is 2.14. The molecule has 0 amide bonds. The van der Waals surface area contributed by atoms with Crippen molar-refractivity contribution < 1.29 is 14.9 Å². The Morgan fingerprint density at radius 2 is 2.46 bits per heavy atom. The van der Waals surface area contributed by atoms with Gasteiger partial charge >= 0.3 is 0 Å². The second-order valence-corrected chi connectivity index (χ2v) is 3.30. The summed E-state index contributed by atoms with van der Waals surface area (Å²) in [4.78, 5) is 4.12. The molecule has 0 radical (unpaired) electrons. The van der Waals surface area contributed by atoms with Crippen molar-refractivity contribution in [1.29, 1.82) is 0 Å². The van der Waals surface area contributed by atoms with E-state index in [-0.39, 0.29) is 5.92 Å². The standard InChI is InChI=1S/C8H12N2O3/c1-5-2-10-3-6(7(11)12)4-13-8(10)9-5/h2,6-7,11-12H,3-4H2,1H3. The predicted octanol–water partition coefficient (Wildman–Crippen LogP) is -0.489. The van der Waals surface area contributed by atoms with E-state index < -0.39 is 6.29 Å². The average Bonchev–Trinajstić information content (AvgIpc) is 2.42. The van der Waals surface area contributed by atoms with E-state index in [9.17, 15) is 0 Å². The van der Waals surface area contributed by atoms with Crippen LogP contribution in [0, 0.1) is 12.8 Å². The van der Waals surface area contributed by atoms with E-state index in [1.165, 1.54) is 0 Å². The van der Waals surface area contributed by atoms with Gasteiger partial charge in [-0.05, 0) is 6.92 Å². The lowest BCUT2D eigenvalue weighted by Gasteiger charge is -2.24. The maximum Gasteiger partial charge on any atom is 0.296 e. The average molecular weight is 184 g/mol. The second-order valence-electron chi connectivity index (χ2n) is 3.30. The largest absolute Gasteiger partial charge is 0.464 e. The summed E-state index contributed by atoms with van der Waals surface area (Å²) >= 11 is 0. The van der Waals surface area contributed by atoms with Crippen molar-refractivity contribution in [2.75, 3.05) is 6.61 Å². The van der Waals surface area contributed by atoms with Crippen LogP contribution in [0.2, 0.25) is 0 Å². The second kappa shape index (κ2) is 3.01. The van der Waals surface area contributed by atoms with Gasteiger partial charge in [-0.25, -0.2) is 4.98 Å². The van der Waals surface area contributed by atoms with E-state index in [0.717, 1.165) is 5.69 Å². The van der Waals surface area contributed by atoms with Crippen molar-refractivity contribution >= 4 is 0 Å². The number of aryl methyl sites for hydroxylation is 1. The molecule has 1 unspecified atom stereocenters. The molecule has 0 spiro atoms. The van der Waals surface area contributed by atoms with Crippen LogP contribution in [-0.4, -0.2) is 32.7 Å². The molecule has 0 aromatic carbocycles. The van der Waals surface area contributed by atoms with Crippen molar-refractivity contribution in [3.8, 4) is 6.01 Å². The molecule has 2 N–H and O–H groups in total. The Bertz CT molecular complexity index is 308. The molecule has 5 heteroatoms. The summed E-state index contributed by atoms with van der Waals surface area (Å²) < 4.78 is 7.04. The first-order valence-electron chi connectivity index (χ1n) is 4.19. The molecule has 0 aliphatic carbocycles. The van der Waals surface area contributed by atoms with Crippen molar-refractivity contribution in [2.24, 2.45) is 5.92 Å². The monoisotopic (exact) mass is 184 g/mol. The summed E-state index contributed by atoms with van der Waals surface area (Å²) in [6.07, 6.45) is 0.514.